The molecule has 5 nitrogen and oxygen atoms in total. The molecule has 0 unspecified atom stereocenters. The molecule has 1 aliphatic heterocycles. The maximum Gasteiger partial charge on any atom is 0.193 e. The lowest BCUT2D eigenvalue weighted by atomic mass is 10.2. The molecular weight excluding hydrogens is 342 g/mol. The van der Waals surface area contributed by atoms with E-state index >= 15 is 0 Å². The lowest BCUT2D eigenvalue weighted by Crippen LogP contribution is -2.57. The van der Waals surface area contributed by atoms with Gasteiger partial charge in [0.2, 0.25) is 0 Å². The number of hydrogen-bond donors (Lipinski definition) is 1. The molecule has 1 fully saturated rings. The van der Waals surface area contributed by atoms with Gasteiger partial charge in [-0.05, 0) is 32.4 Å². The second-order valence-corrected chi connectivity index (χ2v) is 10.5. The fourth-order valence-electron chi connectivity index (χ4n) is 2.44. The molecule has 2 heterocycles. The van der Waals surface area contributed by atoms with Crippen LogP contribution in [0.15, 0.2) is 17.1 Å². The van der Waals surface area contributed by atoms with E-state index in [0.717, 1.165) is 23.3 Å². The van der Waals surface area contributed by atoms with Crippen LogP contribution in [0.25, 0.3) is 0 Å². The summed E-state index contributed by atoms with van der Waals surface area (Å²) in [5.74, 6) is 0.923. The zero-order valence-corrected chi connectivity index (χ0v) is 15.5. The van der Waals surface area contributed by atoms with Gasteiger partial charge in [-0.1, -0.05) is 11.6 Å². The van der Waals surface area contributed by atoms with Gasteiger partial charge in [0.15, 0.2) is 15.8 Å². The standard InChI is InChI=1S/C14H22ClN3O2S2/c1-14(2)10-18(8-9-22(14,19)20)13(16-3)17-7-6-11-4-5-12(15)21-11/h4-5H,6-10H2,1-3H3,(H,16,17). The highest BCUT2D eigenvalue weighted by atomic mass is 35.5. The molecule has 0 aromatic carbocycles. The molecule has 1 saturated heterocycles. The molecule has 0 aliphatic carbocycles. The Morgan fingerprint density at radius 2 is 2.23 bits per heavy atom. The lowest BCUT2D eigenvalue weighted by molar-refractivity contribution is 0.353. The quantitative estimate of drug-likeness (QED) is 0.659. The summed E-state index contributed by atoms with van der Waals surface area (Å²) in [7, 11) is -1.31. The topological polar surface area (TPSA) is 61.8 Å². The number of aliphatic imine (C=N–C) groups is 1. The molecule has 1 N–H and O–H groups in total. The number of nitrogens with zero attached hydrogens (tertiary/aromatic N) is 2. The monoisotopic (exact) mass is 363 g/mol. The van der Waals surface area contributed by atoms with E-state index in [0.29, 0.717) is 13.1 Å². The highest BCUT2D eigenvalue weighted by molar-refractivity contribution is 7.92. The SMILES string of the molecule is CN=C(NCCc1ccc(Cl)s1)N1CCS(=O)(=O)C(C)(C)C1. The van der Waals surface area contributed by atoms with Crippen LogP contribution in [0.1, 0.15) is 18.7 Å². The Kier molecular flexibility index (Phi) is 5.40. The molecule has 0 amide bonds. The molecule has 8 heteroatoms. The second-order valence-electron chi connectivity index (χ2n) is 5.93. The van der Waals surface area contributed by atoms with Crippen LogP contribution in [0.4, 0.5) is 0 Å². The van der Waals surface area contributed by atoms with Gasteiger partial charge in [-0.25, -0.2) is 8.42 Å². The van der Waals surface area contributed by atoms with Crippen molar-refractivity contribution >= 4 is 38.7 Å². The number of guanidine groups is 1. The number of halogens is 1. The number of nitrogens with one attached hydrogen (secondary N) is 1. The van der Waals surface area contributed by atoms with Gasteiger partial charge >= 0.3 is 0 Å². The van der Waals surface area contributed by atoms with Gasteiger partial charge in [-0.15, -0.1) is 11.3 Å². The molecule has 1 aromatic rings. The largest absolute Gasteiger partial charge is 0.356 e. The average Bonchev–Trinajstić information content (AvgIpc) is 2.84. The van der Waals surface area contributed by atoms with Crippen LogP contribution < -0.4 is 5.32 Å². The summed E-state index contributed by atoms with van der Waals surface area (Å²) in [6.07, 6.45) is 0.867. The van der Waals surface area contributed by atoms with E-state index in [1.165, 1.54) is 4.88 Å². The van der Waals surface area contributed by atoms with Crippen LogP contribution in [0.3, 0.4) is 0 Å². The van der Waals surface area contributed by atoms with E-state index in [2.05, 4.69) is 10.3 Å². The molecule has 2 rings (SSSR count). The zero-order valence-electron chi connectivity index (χ0n) is 13.1. The molecule has 0 radical (unpaired) electrons. The molecule has 0 atom stereocenters. The maximum absolute atomic E-state index is 12.1. The third kappa shape index (κ3) is 3.94. The molecule has 0 spiro atoms. The summed E-state index contributed by atoms with van der Waals surface area (Å²) >= 11 is 7.49. The van der Waals surface area contributed by atoms with Crippen molar-refractivity contribution in [2.24, 2.45) is 4.99 Å². The van der Waals surface area contributed by atoms with Crippen LogP contribution in [0.2, 0.25) is 4.34 Å². The Labute approximate surface area is 141 Å². The first kappa shape index (κ1) is 17.6. The van der Waals surface area contributed by atoms with Gasteiger partial charge in [0.25, 0.3) is 0 Å². The predicted octanol–water partition coefficient (Wildman–Crippen LogP) is 2.03. The van der Waals surface area contributed by atoms with Gasteiger partial charge in [-0.2, -0.15) is 0 Å². The Morgan fingerprint density at radius 3 is 2.77 bits per heavy atom. The zero-order chi connectivity index (χ0) is 16.4. The van der Waals surface area contributed by atoms with Crippen molar-refractivity contribution in [2.75, 3.05) is 32.4 Å². The fraction of sp³-hybridized carbons (Fsp3) is 0.643. The summed E-state index contributed by atoms with van der Waals surface area (Å²) in [5.41, 5.74) is 0. The molecule has 22 heavy (non-hydrogen) atoms. The smallest absolute Gasteiger partial charge is 0.193 e. The summed E-state index contributed by atoms with van der Waals surface area (Å²) in [5, 5.41) is 3.31. The minimum atomic E-state index is -3.03. The fourth-order valence-corrected chi connectivity index (χ4v) is 4.89. The van der Waals surface area contributed by atoms with Crippen molar-refractivity contribution in [3.63, 3.8) is 0 Å². The van der Waals surface area contributed by atoms with Gasteiger partial charge in [0.1, 0.15) is 0 Å². The lowest BCUT2D eigenvalue weighted by Gasteiger charge is -2.39. The van der Waals surface area contributed by atoms with Crippen molar-refractivity contribution in [3.8, 4) is 0 Å². The number of rotatable bonds is 3. The van der Waals surface area contributed by atoms with E-state index in [4.69, 9.17) is 11.6 Å². The Bertz CT molecular complexity index is 653. The summed E-state index contributed by atoms with van der Waals surface area (Å²) in [6.45, 7) is 5.23. The van der Waals surface area contributed by atoms with E-state index in [-0.39, 0.29) is 5.75 Å². The van der Waals surface area contributed by atoms with E-state index in [9.17, 15) is 8.42 Å². The first-order chi connectivity index (χ1) is 10.2. The first-order valence-corrected chi connectivity index (χ1v) is 10.0. The number of hydrogen-bond acceptors (Lipinski definition) is 4. The molecule has 0 saturated carbocycles. The summed E-state index contributed by atoms with van der Waals surface area (Å²) in [4.78, 5) is 7.51. The van der Waals surface area contributed by atoms with Crippen LogP contribution in [-0.2, 0) is 16.3 Å². The van der Waals surface area contributed by atoms with Crippen molar-refractivity contribution in [1.82, 2.24) is 10.2 Å². The maximum atomic E-state index is 12.1. The minimum absolute atomic E-state index is 0.168. The molecule has 124 valence electrons. The first-order valence-electron chi connectivity index (χ1n) is 7.17. The van der Waals surface area contributed by atoms with Gasteiger partial charge < -0.3 is 10.2 Å². The van der Waals surface area contributed by atoms with E-state index < -0.39 is 14.6 Å². The van der Waals surface area contributed by atoms with Crippen molar-refractivity contribution in [2.45, 2.75) is 25.0 Å². The number of thiophene rings is 1. The molecule has 1 aliphatic rings. The second kappa shape index (κ2) is 6.76. The normalized spacial score (nSPS) is 20.9. The third-order valence-electron chi connectivity index (χ3n) is 3.84. The Hall–Kier alpha value is -0.790. The van der Waals surface area contributed by atoms with Crippen molar-refractivity contribution in [1.29, 1.82) is 0 Å². The van der Waals surface area contributed by atoms with Crippen LogP contribution >= 0.6 is 22.9 Å². The molecular formula is C14H22ClN3O2S2. The predicted molar refractivity (Wildman–Crippen MR) is 93.8 cm³/mol. The average molecular weight is 364 g/mol. The van der Waals surface area contributed by atoms with Crippen molar-refractivity contribution in [3.05, 3.63) is 21.3 Å². The molecule has 1 aromatic heterocycles. The third-order valence-corrected chi connectivity index (χ3v) is 7.66. The Balaban J connectivity index is 1.92. The van der Waals surface area contributed by atoms with E-state index in [1.54, 1.807) is 32.2 Å². The molecule has 0 bridgehead atoms. The van der Waals surface area contributed by atoms with Gasteiger partial charge in [0, 0.05) is 31.6 Å². The van der Waals surface area contributed by atoms with Gasteiger partial charge in [-0.3, -0.25) is 4.99 Å². The highest BCUT2D eigenvalue weighted by Crippen LogP contribution is 2.24. The summed E-state index contributed by atoms with van der Waals surface area (Å²) in [6, 6.07) is 3.92. The minimum Gasteiger partial charge on any atom is -0.356 e. The van der Waals surface area contributed by atoms with Gasteiger partial charge in [0.05, 0.1) is 14.8 Å². The van der Waals surface area contributed by atoms with Crippen LogP contribution in [0.5, 0.6) is 0 Å². The van der Waals surface area contributed by atoms with Crippen molar-refractivity contribution < 1.29 is 8.42 Å². The summed E-state index contributed by atoms with van der Waals surface area (Å²) < 4.78 is 24.2. The van der Waals surface area contributed by atoms with Crippen LogP contribution in [0, 0.1) is 0 Å². The van der Waals surface area contributed by atoms with Crippen LogP contribution in [-0.4, -0.2) is 56.5 Å². The van der Waals surface area contributed by atoms with E-state index in [1.807, 2.05) is 17.0 Å². The number of sulfone groups is 1. The highest BCUT2D eigenvalue weighted by Gasteiger charge is 2.40. The Morgan fingerprint density at radius 1 is 1.50 bits per heavy atom.